The van der Waals surface area contributed by atoms with Gasteiger partial charge in [-0.15, -0.1) is 0 Å². The lowest BCUT2D eigenvalue weighted by Gasteiger charge is -2.13. The second kappa shape index (κ2) is 5.74. The van der Waals surface area contributed by atoms with Crippen LogP contribution in [-0.2, 0) is 7.05 Å². The summed E-state index contributed by atoms with van der Waals surface area (Å²) in [6.45, 7) is 2.38. The van der Waals surface area contributed by atoms with Crippen LogP contribution in [-0.4, -0.2) is 22.0 Å². The van der Waals surface area contributed by atoms with Crippen molar-refractivity contribution in [2.45, 2.75) is 17.7 Å². The Labute approximate surface area is 124 Å². The Hall–Kier alpha value is -1.70. The predicted molar refractivity (Wildman–Crippen MR) is 82.2 cm³/mol. The molecule has 4 heteroatoms. The standard InChI is InChI=1S/C16H17N3S/c1-18-14(12-17)6-9-16(18)13-4-7-15(8-5-13)20-19-10-2-3-11-19/h4-9H,2-3,10-11H2,1H3. The van der Waals surface area contributed by atoms with Gasteiger partial charge in [0.1, 0.15) is 11.8 Å². The van der Waals surface area contributed by atoms with Crippen molar-refractivity contribution in [2.24, 2.45) is 7.05 Å². The van der Waals surface area contributed by atoms with Gasteiger partial charge in [-0.25, -0.2) is 4.31 Å². The molecule has 1 saturated heterocycles. The minimum absolute atomic E-state index is 0.690. The molecule has 0 amide bonds. The fourth-order valence-corrected chi connectivity index (χ4v) is 3.53. The normalized spacial score (nSPS) is 15.4. The summed E-state index contributed by atoms with van der Waals surface area (Å²) < 4.78 is 4.36. The molecule has 0 unspecified atom stereocenters. The van der Waals surface area contributed by atoms with Crippen molar-refractivity contribution in [2.75, 3.05) is 13.1 Å². The van der Waals surface area contributed by atoms with Crippen LogP contribution in [0.2, 0.25) is 0 Å². The maximum absolute atomic E-state index is 9.00. The summed E-state index contributed by atoms with van der Waals surface area (Å²) in [6, 6.07) is 14.7. The highest BCUT2D eigenvalue weighted by atomic mass is 32.2. The fourth-order valence-electron chi connectivity index (χ4n) is 2.53. The minimum Gasteiger partial charge on any atom is -0.335 e. The molecule has 1 aliphatic heterocycles. The molecule has 0 spiro atoms. The topological polar surface area (TPSA) is 32.0 Å². The molecule has 1 aliphatic rings. The third-order valence-electron chi connectivity index (χ3n) is 3.69. The Kier molecular flexibility index (Phi) is 3.81. The van der Waals surface area contributed by atoms with Crippen LogP contribution in [0.3, 0.4) is 0 Å². The molecule has 0 N–H and O–H groups in total. The van der Waals surface area contributed by atoms with Crippen LogP contribution in [0.4, 0.5) is 0 Å². The van der Waals surface area contributed by atoms with Crippen molar-refractivity contribution in [3.8, 4) is 17.3 Å². The van der Waals surface area contributed by atoms with Gasteiger partial charge >= 0.3 is 0 Å². The highest BCUT2D eigenvalue weighted by molar-refractivity contribution is 7.97. The number of hydrogen-bond acceptors (Lipinski definition) is 3. The Morgan fingerprint density at radius 1 is 1.05 bits per heavy atom. The van der Waals surface area contributed by atoms with Crippen LogP contribution in [0, 0.1) is 11.3 Å². The van der Waals surface area contributed by atoms with Crippen molar-refractivity contribution in [3.05, 3.63) is 42.1 Å². The van der Waals surface area contributed by atoms with Crippen LogP contribution in [0.25, 0.3) is 11.3 Å². The zero-order valence-electron chi connectivity index (χ0n) is 11.5. The van der Waals surface area contributed by atoms with E-state index in [2.05, 4.69) is 34.6 Å². The molecule has 2 heterocycles. The molecule has 102 valence electrons. The Morgan fingerprint density at radius 2 is 1.75 bits per heavy atom. The highest BCUT2D eigenvalue weighted by Crippen LogP contribution is 2.29. The molecular weight excluding hydrogens is 266 g/mol. The van der Waals surface area contributed by atoms with Gasteiger partial charge in [0.15, 0.2) is 0 Å². The summed E-state index contributed by atoms with van der Waals surface area (Å²) in [5, 5.41) is 9.00. The number of hydrogen-bond donors (Lipinski definition) is 0. The van der Waals surface area contributed by atoms with Crippen molar-refractivity contribution in [3.63, 3.8) is 0 Å². The molecule has 0 aliphatic carbocycles. The van der Waals surface area contributed by atoms with Crippen molar-refractivity contribution < 1.29 is 0 Å². The first-order valence-corrected chi connectivity index (χ1v) is 7.64. The molecule has 1 aromatic heterocycles. The summed E-state index contributed by atoms with van der Waals surface area (Å²) in [4.78, 5) is 1.28. The lowest BCUT2D eigenvalue weighted by molar-refractivity contribution is 0.586. The van der Waals surface area contributed by atoms with E-state index in [1.54, 1.807) is 0 Å². The summed E-state index contributed by atoms with van der Waals surface area (Å²) in [7, 11) is 1.93. The number of nitrogens with zero attached hydrogens (tertiary/aromatic N) is 3. The number of nitriles is 1. The first-order valence-electron chi connectivity index (χ1n) is 6.87. The van der Waals surface area contributed by atoms with E-state index < -0.39 is 0 Å². The molecule has 0 atom stereocenters. The van der Waals surface area contributed by atoms with E-state index in [9.17, 15) is 0 Å². The van der Waals surface area contributed by atoms with Gasteiger partial charge < -0.3 is 4.57 Å². The summed E-state index contributed by atoms with van der Waals surface area (Å²) in [5.41, 5.74) is 2.93. The quantitative estimate of drug-likeness (QED) is 0.806. The van der Waals surface area contributed by atoms with Gasteiger partial charge in [-0.05, 0) is 54.6 Å². The molecular formula is C16H17N3S. The van der Waals surface area contributed by atoms with Crippen LogP contribution in [0.1, 0.15) is 18.5 Å². The van der Waals surface area contributed by atoms with Gasteiger partial charge in [0.25, 0.3) is 0 Å². The Balaban J connectivity index is 1.78. The third-order valence-corrected chi connectivity index (χ3v) is 4.79. The van der Waals surface area contributed by atoms with Gasteiger partial charge in [-0.3, -0.25) is 0 Å². The van der Waals surface area contributed by atoms with E-state index in [0.29, 0.717) is 5.69 Å². The SMILES string of the molecule is Cn1c(C#N)ccc1-c1ccc(SN2CCCC2)cc1. The Morgan fingerprint density at radius 3 is 2.35 bits per heavy atom. The number of aromatic nitrogens is 1. The monoisotopic (exact) mass is 283 g/mol. The summed E-state index contributed by atoms with van der Waals surface area (Å²) in [5.74, 6) is 0. The second-order valence-electron chi connectivity index (χ2n) is 5.03. The van der Waals surface area contributed by atoms with Crippen molar-refractivity contribution in [1.82, 2.24) is 8.87 Å². The number of rotatable bonds is 3. The van der Waals surface area contributed by atoms with Gasteiger partial charge in [-0.1, -0.05) is 12.1 Å². The molecule has 1 aromatic carbocycles. The summed E-state index contributed by atoms with van der Waals surface area (Å²) >= 11 is 1.84. The van der Waals surface area contributed by atoms with Gasteiger partial charge in [-0.2, -0.15) is 5.26 Å². The smallest absolute Gasteiger partial charge is 0.120 e. The van der Waals surface area contributed by atoms with Crippen LogP contribution in [0.5, 0.6) is 0 Å². The second-order valence-corrected chi connectivity index (χ2v) is 6.20. The molecule has 0 radical (unpaired) electrons. The molecule has 0 bridgehead atoms. The number of benzene rings is 1. The first kappa shape index (κ1) is 13.3. The van der Waals surface area contributed by atoms with Gasteiger partial charge in [0, 0.05) is 30.7 Å². The van der Waals surface area contributed by atoms with E-state index in [1.165, 1.54) is 30.8 Å². The molecule has 3 nitrogen and oxygen atoms in total. The Bertz CT molecular complexity index is 631. The lowest BCUT2D eigenvalue weighted by atomic mass is 10.1. The maximum Gasteiger partial charge on any atom is 0.120 e. The van der Waals surface area contributed by atoms with Crippen LogP contribution in [0.15, 0.2) is 41.3 Å². The van der Waals surface area contributed by atoms with E-state index in [4.69, 9.17) is 5.26 Å². The summed E-state index contributed by atoms with van der Waals surface area (Å²) in [6.07, 6.45) is 2.62. The zero-order chi connectivity index (χ0) is 13.9. The first-order chi connectivity index (χ1) is 9.78. The lowest BCUT2D eigenvalue weighted by Crippen LogP contribution is -2.08. The van der Waals surface area contributed by atoms with Gasteiger partial charge in [0.2, 0.25) is 0 Å². The van der Waals surface area contributed by atoms with E-state index in [0.717, 1.165) is 11.3 Å². The molecule has 20 heavy (non-hydrogen) atoms. The molecule has 3 rings (SSSR count). The highest BCUT2D eigenvalue weighted by Gasteiger charge is 2.13. The minimum atomic E-state index is 0.690. The average Bonchev–Trinajstić information content (AvgIpc) is 3.09. The maximum atomic E-state index is 9.00. The largest absolute Gasteiger partial charge is 0.335 e. The molecule has 0 saturated carbocycles. The van der Waals surface area contributed by atoms with E-state index >= 15 is 0 Å². The zero-order valence-corrected chi connectivity index (χ0v) is 12.4. The predicted octanol–water partition coefficient (Wildman–Crippen LogP) is 3.67. The van der Waals surface area contributed by atoms with Crippen LogP contribution < -0.4 is 0 Å². The van der Waals surface area contributed by atoms with Crippen LogP contribution >= 0.6 is 11.9 Å². The molecule has 1 fully saturated rings. The fraction of sp³-hybridized carbons (Fsp3) is 0.312. The van der Waals surface area contributed by atoms with Gasteiger partial charge in [0.05, 0.1) is 0 Å². The molecule has 2 aromatic rings. The van der Waals surface area contributed by atoms with E-state index in [1.807, 2.05) is 35.7 Å². The average molecular weight is 283 g/mol. The van der Waals surface area contributed by atoms with Crippen molar-refractivity contribution in [1.29, 1.82) is 5.26 Å². The van der Waals surface area contributed by atoms with E-state index in [-0.39, 0.29) is 0 Å². The van der Waals surface area contributed by atoms with Crippen molar-refractivity contribution >= 4 is 11.9 Å². The third kappa shape index (κ3) is 2.60.